The molecule has 0 aromatic carbocycles. The number of nitrogens with zero attached hydrogens (tertiary/aromatic N) is 1. The molecule has 12 heavy (non-hydrogen) atoms. The maximum atomic E-state index is 2.55. The molecule has 1 atom stereocenters. The normalized spacial score (nSPS) is 21.5. The van der Waals surface area contributed by atoms with Gasteiger partial charge in [-0.05, 0) is 31.7 Å². The zero-order valence-corrected chi connectivity index (χ0v) is 9.01. The average molecular weight is 169 g/mol. The van der Waals surface area contributed by atoms with Crippen LogP contribution in [0.4, 0.5) is 0 Å². The van der Waals surface area contributed by atoms with Crippen LogP contribution in [0.15, 0.2) is 0 Å². The van der Waals surface area contributed by atoms with Gasteiger partial charge in [-0.2, -0.15) is 0 Å². The molecule has 1 aliphatic carbocycles. The van der Waals surface area contributed by atoms with Gasteiger partial charge in [0.1, 0.15) is 0 Å². The molecule has 1 aliphatic rings. The van der Waals surface area contributed by atoms with Crippen molar-refractivity contribution in [3.05, 3.63) is 0 Å². The summed E-state index contributed by atoms with van der Waals surface area (Å²) in [6.07, 6.45) is 4.31. The molecule has 1 nitrogen and oxygen atoms in total. The smallest absolute Gasteiger partial charge is 0.00923 e. The highest BCUT2D eigenvalue weighted by Crippen LogP contribution is 2.25. The molecule has 0 saturated heterocycles. The van der Waals surface area contributed by atoms with E-state index in [1.54, 1.807) is 0 Å². The first-order valence-corrected chi connectivity index (χ1v) is 5.31. The molecule has 1 unspecified atom stereocenters. The quantitative estimate of drug-likeness (QED) is 0.625. The summed E-state index contributed by atoms with van der Waals surface area (Å²) in [7, 11) is 2.28. The first kappa shape index (κ1) is 10.0. The van der Waals surface area contributed by atoms with Gasteiger partial charge in [0, 0.05) is 12.6 Å². The Balaban J connectivity index is 2.20. The molecule has 0 aromatic rings. The van der Waals surface area contributed by atoms with Crippen LogP contribution in [0.2, 0.25) is 0 Å². The average Bonchev–Trinajstić information content (AvgIpc) is 1.82. The molecule has 0 radical (unpaired) electrons. The van der Waals surface area contributed by atoms with Gasteiger partial charge >= 0.3 is 0 Å². The SMILES string of the molecule is CC(C)C(C)CN(C)C1CCC1. The lowest BCUT2D eigenvalue weighted by Crippen LogP contribution is -2.40. The van der Waals surface area contributed by atoms with Gasteiger partial charge in [-0.1, -0.05) is 27.2 Å². The lowest BCUT2D eigenvalue weighted by molar-refractivity contribution is 0.130. The molecule has 0 aromatic heterocycles. The third-order valence-corrected chi connectivity index (χ3v) is 3.41. The fourth-order valence-corrected chi connectivity index (χ4v) is 1.64. The van der Waals surface area contributed by atoms with Crippen LogP contribution in [0.3, 0.4) is 0 Å². The molecular formula is C11H23N. The van der Waals surface area contributed by atoms with E-state index in [9.17, 15) is 0 Å². The molecule has 0 heterocycles. The van der Waals surface area contributed by atoms with E-state index in [0.717, 1.165) is 17.9 Å². The second kappa shape index (κ2) is 4.27. The highest BCUT2D eigenvalue weighted by molar-refractivity contribution is 4.79. The Kier molecular flexibility index (Phi) is 3.57. The summed E-state index contributed by atoms with van der Waals surface area (Å²) < 4.78 is 0. The highest BCUT2D eigenvalue weighted by Gasteiger charge is 2.23. The second-order valence-electron chi connectivity index (χ2n) is 4.75. The highest BCUT2D eigenvalue weighted by atomic mass is 15.1. The summed E-state index contributed by atoms with van der Waals surface area (Å²) in [6, 6.07) is 0.909. The Morgan fingerprint density at radius 3 is 2.17 bits per heavy atom. The van der Waals surface area contributed by atoms with Crippen molar-refractivity contribution in [1.29, 1.82) is 0 Å². The van der Waals surface area contributed by atoms with Crippen molar-refractivity contribution < 1.29 is 0 Å². The Morgan fingerprint density at radius 1 is 1.25 bits per heavy atom. The maximum absolute atomic E-state index is 2.55. The van der Waals surface area contributed by atoms with Crippen LogP contribution in [0.25, 0.3) is 0 Å². The van der Waals surface area contributed by atoms with Crippen molar-refractivity contribution >= 4 is 0 Å². The van der Waals surface area contributed by atoms with Gasteiger partial charge in [0.15, 0.2) is 0 Å². The molecule has 1 heteroatoms. The molecule has 1 rings (SSSR count). The van der Waals surface area contributed by atoms with E-state index < -0.39 is 0 Å². The molecular weight excluding hydrogens is 146 g/mol. The minimum atomic E-state index is 0.826. The zero-order valence-electron chi connectivity index (χ0n) is 9.01. The van der Waals surface area contributed by atoms with E-state index in [0.29, 0.717) is 0 Å². The largest absolute Gasteiger partial charge is 0.303 e. The minimum absolute atomic E-state index is 0.826. The fourth-order valence-electron chi connectivity index (χ4n) is 1.64. The van der Waals surface area contributed by atoms with Crippen LogP contribution in [0.1, 0.15) is 40.0 Å². The molecule has 0 bridgehead atoms. The molecule has 1 fully saturated rings. The lowest BCUT2D eigenvalue weighted by Gasteiger charge is -2.36. The standard InChI is InChI=1S/C11H23N/c1-9(2)10(3)8-12(4)11-6-5-7-11/h9-11H,5-8H2,1-4H3. The Labute approximate surface area is 77.1 Å². The zero-order chi connectivity index (χ0) is 9.14. The molecule has 72 valence electrons. The predicted octanol–water partition coefficient (Wildman–Crippen LogP) is 2.76. The summed E-state index contributed by atoms with van der Waals surface area (Å²) in [5.74, 6) is 1.67. The van der Waals surface area contributed by atoms with Gasteiger partial charge in [-0.25, -0.2) is 0 Å². The van der Waals surface area contributed by atoms with Crippen LogP contribution in [0.5, 0.6) is 0 Å². The van der Waals surface area contributed by atoms with Gasteiger partial charge in [-0.3, -0.25) is 0 Å². The topological polar surface area (TPSA) is 3.24 Å². The fraction of sp³-hybridized carbons (Fsp3) is 1.00. The van der Waals surface area contributed by atoms with Crippen LogP contribution in [0, 0.1) is 11.8 Å². The summed E-state index contributed by atoms with van der Waals surface area (Å²) in [5, 5.41) is 0. The Morgan fingerprint density at radius 2 is 1.83 bits per heavy atom. The number of hydrogen-bond donors (Lipinski definition) is 0. The molecule has 0 N–H and O–H groups in total. The minimum Gasteiger partial charge on any atom is -0.303 e. The second-order valence-corrected chi connectivity index (χ2v) is 4.75. The van der Waals surface area contributed by atoms with Crippen LogP contribution in [-0.4, -0.2) is 24.5 Å². The third kappa shape index (κ3) is 2.48. The van der Waals surface area contributed by atoms with Gasteiger partial charge < -0.3 is 4.90 Å². The molecule has 0 aliphatic heterocycles. The first-order chi connectivity index (χ1) is 5.61. The van der Waals surface area contributed by atoms with E-state index in [-0.39, 0.29) is 0 Å². The van der Waals surface area contributed by atoms with Crippen molar-refractivity contribution in [2.45, 2.75) is 46.1 Å². The third-order valence-electron chi connectivity index (χ3n) is 3.41. The summed E-state index contributed by atoms with van der Waals surface area (Å²) in [6.45, 7) is 8.28. The summed E-state index contributed by atoms with van der Waals surface area (Å²) in [5.41, 5.74) is 0. The lowest BCUT2D eigenvalue weighted by atomic mass is 9.90. The van der Waals surface area contributed by atoms with E-state index >= 15 is 0 Å². The van der Waals surface area contributed by atoms with Crippen molar-refractivity contribution in [2.75, 3.05) is 13.6 Å². The van der Waals surface area contributed by atoms with Crippen LogP contribution in [-0.2, 0) is 0 Å². The van der Waals surface area contributed by atoms with Crippen molar-refractivity contribution in [3.8, 4) is 0 Å². The van der Waals surface area contributed by atoms with Gasteiger partial charge in [0.05, 0.1) is 0 Å². The van der Waals surface area contributed by atoms with E-state index in [1.807, 2.05) is 0 Å². The number of rotatable bonds is 4. The summed E-state index contributed by atoms with van der Waals surface area (Å²) in [4.78, 5) is 2.55. The van der Waals surface area contributed by atoms with Gasteiger partial charge in [0.2, 0.25) is 0 Å². The van der Waals surface area contributed by atoms with Gasteiger partial charge in [-0.15, -0.1) is 0 Å². The monoisotopic (exact) mass is 169 g/mol. The predicted molar refractivity (Wildman–Crippen MR) is 54.3 cm³/mol. The Bertz CT molecular complexity index is 127. The van der Waals surface area contributed by atoms with Crippen molar-refractivity contribution in [3.63, 3.8) is 0 Å². The molecule has 0 spiro atoms. The number of hydrogen-bond acceptors (Lipinski definition) is 1. The van der Waals surface area contributed by atoms with E-state index in [2.05, 4.69) is 32.7 Å². The molecule has 0 amide bonds. The Hall–Kier alpha value is -0.0400. The summed E-state index contributed by atoms with van der Waals surface area (Å²) >= 11 is 0. The van der Waals surface area contributed by atoms with Crippen molar-refractivity contribution in [2.24, 2.45) is 11.8 Å². The first-order valence-electron chi connectivity index (χ1n) is 5.31. The van der Waals surface area contributed by atoms with Crippen molar-refractivity contribution in [1.82, 2.24) is 4.90 Å². The maximum Gasteiger partial charge on any atom is 0.00923 e. The van der Waals surface area contributed by atoms with E-state index in [4.69, 9.17) is 0 Å². The van der Waals surface area contributed by atoms with Gasteiger partial charge in [0.25, 0.3) is 0 Å². The molecule has 1 saturated carbocycles. The van der Waals surface area contributed by atoms with Crippen LogP contribution >= 0.6 is 0 Å². The van der Waals surface area contributed by atoms with E-state index in [1.165, 1.54) is 25.8 Å². The van der Waals surface area contributed by atoms with Crippen LogP contribution < -0.4 is 0 Å².